The minimum Gasteiger partial charge on any atom is -0.454 e. The van der Waals surface area contributed by atoms with Crippen molar-refractivity contribution in [1.82, 2.24) is 14.5 Å². The molecular weight excluding hydrogens is 380 g/mol. The Labute approximate surface area is 176 Å². The van der Waals surface area contributed by atoms with Crippen LogP contribution in [0.1, 0.15) is 53.7 Å². The van der Waals surface area contributed by atoms with Crippen LogP contribution in [0.5, 0.6) is 11.5 Å². The zero-order valence-corrected chi connectivity index (χ0v) is 17.2. The second-order valence-electron chi connectivity index (χ2n) is 9.15. The summed E-state index contributed by atoms with van der Waals surface area (Å²) in [6.45, 7) is 4.19. The van der Waals surface area contributed by atoms with E-state index in [0.29, 0.717) is 11.7 Å². The number of nitrogens with two attached hydrogens (primary N) is 1. The number of hydrogen-bond donors (Lipinski definition) is 1. The fourth-order valence-corrected chi connectivity index (χ4v) is 5.50. The maximum atomic E-state index is 13.2. The molecule has 158 valence electrons. The number of likely N-dealkylation sites (tertiary alicyclic amines) is 1. The van der Waals surface area contributed by atoms with Gasteiger partial charge in [-0.15, -0.1) is 0 Å². The molecule has 7 nitrogen and oxygen atoms in total. The molecule has 2 aromatic rings. The van der Waals surface area contributed by atoms with Crippen LogP contribution in [0.4, 0.5) is 0 Å². The van der Waals surface area contributed by atoms with Crippen LogP contribution in [0.3, 0.4) is 0 Å². The number of piperidine rings is 1. The topological polar surface area (TPSA) is 73.0 Å². The first-order valence-electron chi connectivity index (χ1n) is 11.0. The molecule has 1 saturated carbocycles. The lowest BCUT2D eigenvalue weighted by atomic mass is 9.93. The lowest BCUT2D eigenvalue weighted by Crippen LogP contribution is -2.38. The van der Waals surface area contributed by atoms with E-state index in [4.69, 9.17) is 15.3 Å². The first-order chi connectivity index (χ1) is 14.6. The summed E-state index contributed by atoms with van der Waals surface area (Å²) < 4.78 is 12.8. The van der Waals surface area contributed by atoms with E-state index in [0.717, 1.165) is 68.0 Å². The van der Waals surface area contributed by atoms with Gasteiger partial charge in [-0.05, 0) is 80.9 Å². The molecule has 0 radical (unpaired) electrons. The van der Waals surface area contributed by atoms with E-state index < -0.39 is 0 Å². The predicted molar refractivity (Wildman–Crippen MR) is 112 cm³/mol. The molecule has 7 heteroatoms. The number of rotatable bonds is 5. The van der Waals surface area contributed by atoms with Crippen molar-refractivity contribution in [3.63, 3.8) is 0 Å². The second-order valence-corrected chi connectivity index (χ2v) is 9.15. The number of hydrogen-bond acceptors (Lipinski definition) is 5. The quantitative estimate of drug-likeness (QED) is 0.770. The minimum absolute atomic E-state index is 0.0827. The Morgan fingerprint density at radius 3 is 2.60 bits per heavy atom. The average Bonchev–Trinajstić information content (AvgIpc) is 3.14. The highest BCUT2D eigenvalue weighted by Crippen LogP contribution is 2.58. The number of aromatic nitrogens is 1. The van der Waals surface area contributed by atoms with E-state index in [1.165, 1.54) is 12.8 Å². The number of carbonyl (C=O) groups excluding carboxylic acids is 1. The highest BCUT2D eigenvalue weighted by Gasteiger charge is 2.58. The van der Waals surface area contributed by atoms with Gasteiger partial charge in [0.25, 0.3) is 5.91 Å². The molecule has 1 saturated heterocycles. The number of amides is 1. The van der Waals surface area contributed by atoms with Gasteiger partial charge in [0, 0.05) is 24.8 Å². The summed E-state index contributed by atoms with van der Waals surface area (Å²) in [5.74, 6) is 8.28. The summed E-state index contributed by atoms with van der Waals surface area (Å²) in [6, 6.07) is 8.03. The summed E-state index contributed by atoms with van der Waals surface area (Å²) in [7, 11) is 0. The number of ether oxygens (including phenoxy) is 2. The number of nitrogens with zero attached hydrogens (tertiary/aromatic N) is 3. The number of fused-ring (bicyclic) bond motifs is 3. The van der Waals surface area contributed by atoms with Gasteiger partial charge < -0.3 is 20.2 Å². The smallest absolute Gasteiger partial charge is 0.255 e. The average molecular weight is 409 g/mol. The van der Waals surface area contributed by atoms with Gasteiger partial charge in [-0.1, -0.05) is 0 Å². The monoisotopic (exact) mass is 408 g/mol. The fourth-order valence-electron chi connectivity index (χ4n) is 5.50. The lowest BCUT2D eigenvalue weighted by Gasteiger charge is -2.33. The maximum absolute atomic E-state index is 13.2. The van der Waals surface area contributed by atoms with Crippen LogP contribution in [-0.4, -0.2) is 46.8 Å². The Balaban J connectivity index is 1.08. The van der Waals surface area contributed by atoms with E-state index in [-0.39, 0.29) is 18.2 Å². The molecule has 2 N–H and O–H groups in total. The van der Waals surface area contributed by atoms with Crippen molar-refractivity contribution in [2.24, 2.45) is 5.92 Å². The van der Waals surface area contributed by atoms with Crippen LogP contribution < -0.4 is 15.3 Å². The molecule has 4 heterocycles. The molecule has 0 atom stereocenters. The molecule has 0 unspecified atom stereocenters. The summed E-state index contributed by atoms with van der Waals surface area (Å²) in [5.41, 5.74) is 3.04. The Bertz CT molecular complexity index is 988. The third kappa shape index (κ3) is 2.79. The van der Waals surface area contributed by atoms with Crippen LogP contribution >= 0.6 is 0 Å². The standard InChI is InChI=1S/C23H28N4O3/c24-27-8-1-2-17(27)14-25-9-3-16(4-10-25)5-11-26-22(28)18-12-20-21(30-15-29-20)13-19(18)23(26)6-7-23/h1-2,8,12-13,16H,3-7,9-11,14-15,24H2. The van der Waals surface area contributed by atoms with E-state index >= 15 is 0 Å². The minimum atomic E-state index is -0.0827. The molecule has 30 heavy (non-hydrogen) atoms. The zero-order valence-electron chi connectivity index (χ0n) is 17.2. The van der Waals surface area contributed by atoms with Crippen molar-refractivity contribution in [3.8, 4) is 11.5 Å². The predicted octanol–water partition coefficient (Wildman–Crippen LogP) is 2.68. The summed E-state index contributed by atoms with van der Waals surface area (Å²) in [6.07, 6.45) is 7.46. The first-order valence-corrected chi connectivity index (χ1v) is 11.0. The van der Waals surface area contributed by atoms with Crippen LogP contribution in [-0.2, 0) is 12.1 Å². The van der Waals surface area contributed by atoms with Crippen LogP contribution in [0.15, 0.2) is 30.5 Å². The van der Waals surface area contributed by atoms with Crippen molar-refractivity contribution < 1.29 is 14.3 Å². The molecule has 6 rings (SSSR count). The highest BCUT2D eigenvalue weighted by molar-refractivity contribution is 6.01. The van der Waals surface area contributed by atoms with Crippen LogP contribution in [0.25, 0.3) is 0 Å². The van der Waals surface area contributed by atoms with Crippen LogP contribution in [0, 0.1) is 5.92 Å². The lowest BCUT2D eigenvalue weighted by molar-refractivity contribution is 0.0671. The Hall–Kier alpha value is -2.67. The molecule has 0 bridgehead atoms. The van der Waals surface area contributed by atoms with Gasteiger partial charge in [0.15, 0.2) is 11.5 Å². The van der Waals surface area contributed by atoms with Crippen molar-refractivity contribution >= 4 is 5.91 Å². The molecule has 1 aromatic heterocycles. The number of nitrogen functional groups attached to an aromatic ring is 1. The number of carbonyl (C=O) groups is 1. The molecule has 1 spiro atoms. The van der Waals surface area contributed by atoms with Gasteiger partial charge >= 0.3 is 0 Å². The zero-order chi connectivity index (χ0) is 20.3. The van der Waals surface area contributed by atoms with Gasteiger partial charge in [0.1, 0.15) is 0 Å². The first kappa shape index (κ1) is 18.1. The van der Waals surface area contributed by atoms with Gasteiger partial charge in [0.05, 0.1) is 11.2 Å². The largest absolute Gasteiger partial charge is 0.454 e. The second kappa shape index (κ2) is 6.67. The van der Waals surface area contributed by atoms with Crippen molar-refractivity contribution in [3.05, 3.63) is 47.3 Å². The van der Waals surface area contributed by atoms with Gasteiger partial charge in [-0.3, -0.25) is 14.4 Å². The normalized spacial score (nSPS) is 22.1. The van der Waals surface area contributed by atoms with Gasteiger partial charge in [-0.2, -0.15) is 0 Å². The molecule has 2 fully saturated rings. The molecule has 4 aliphatic rings. The van der Waals surface area contributed by atoms with Crippen molar-refractivity contribution in [2.75, 3.05) is 32.3 Å². The SMILES string of the molecule is Nn1cccc1CN1CCC(CCN2C(=O)c3cc4c(cc3C23CC3)OCO4)CC1. The number of benzene rings is 1. The summed E-state index contributed by atoms with van der Waals surface area (Å²) >= 11 is 0. The summed E-state index contributed by atoms with van der Waals surface area (Å²) in [5, 5.41) is 0. The van der Waals surface area contributed by atoms with Crippen LogP contribution in [0.2, 0.25) is 0 Å². The third-order valence-corrected chi connectivity index (χ3v) is 7.45. The fraction of sp³-hybridized carbons (Fsp3) is 0.522. The summed E-state index contributed by atoms with van der Waals surface area (Å²) in [4.78, 5) is 17.8. The molecule has 1 aromatic carbocycles. The van der Waals surface area contributed by atoms with E-state index in [9.17, 15) is 4.79 Å². The Morgan fingerprint density at radius 1 is 1.13 bits per heavy atom. The Morgan fingerprint density at radius 2 is 1.90 bits per heavy atom. The van der Waals surface area contributed by atoms with E-state index in [2.05, 4.69) is 15.9 Å². The highest BCUT2D eigenvalue weighted by atomic mass is 16.7. The Kier molecular flexibility index (Phi) is 4.03. The third-order valence-electron chi connectivity index (χ3n) is 7.45. The molecular formula is C23H28N4O3. The van der Waals surface area contributed by atoms with Gasteiger partial charge in [0.2, 0.25) is 6.79 Å². The van der Waals surface area contributed by atoms with Gasteiger partial charge in [-0.25, -0.2) is 0 Å². The van der Waals surface area contributed by atoms with E-state index in [1.54, 1.807) is 4.68 Å². The molecule has 3 aliphatic heterocycles. The maximum Gasteiger partial charge on any atom is 0.255 e. The van der Waals surface area contributed by atoms with Crippen molar-refractivity contribution in [1.29, 1.82) is 0 Å². The van der Waals surface area contributed by atoms with Crippen molar-refractivity contribution in [2.45, 2.75) is 44.2 Å². The molecule has 1 aliphatic carbocycles. The molecule has 1 amide bonds. The van der Waals surface area contributed by atoms with E-state index in [1.807, 2.05) is 24.4 Å².